The van der Waals surface area contributed by atoms with Gasteiger partial charge in [-0.1, -0.05) is 55.5 Å². The van der Waals surface area contributed by atoms with Crippen LogP contribution in [-0.2, 0) is 33.6 Å². The zero-order valence-corrected chi connectivity index (χ0v) is 21.6. The topological polar surface area (TPSA) is 106 Å². The molecule has 0 radical (unpaired) electrons. The normalized spacial score (nSPS) is 12.3. The highest BCUT2D eigenvalue weighted by Gasteiger charge is 2.23. The van der Waals surface area contributed by atoms with Crippen molar-refractivity contribution in [1.29, 1.82) is 0 Å². The Morgan fingerprint density at radius 3 is 2.44 bits per heavy atom. The Kier molecular flexibility index (Phi) is 9.67. The molecule has 0 saturated carbocycles. The van der Waals surface area contributed by atoms with E-state index in [1.165, 1.54) is 7.11 Å². The van der Waals surface area contributed by atoms with Gasteiger partial charge in [0.1, 0.15) is 11.0 Å². The van der Waals surface area contributed by atoms with Crippen LogP contribution >= 0.6 is 12.2 Å². The molecule has 0 aliphatic rings. The summed E-state index contributed by atoms with van der Waals surface area (Å²) in [6, 6.07) is 15.7. The first-order valence-corrected chi connectivity index (χ1v) is 12.2. The van der Waals surface area contributed by atoms with Crippen LogP contribution in [0.25, 0.3) is 0 Å². The van der Waals surface area contributed by atoms with Crippen LogP contribution in [0.4, 0.5) is 5.69 Å². The van der Waals surface area contributed by atoms with E-state index in [1.807, 2.05) is 49.4 Å². The van der Waals surface area contributed by atoms with Gasteiger partial charge in [0.05, 0.1) is 13.2 Å². The summed E-state index contributed by atoms with van der Waals surface area (Å²) in [4.78, 5) is 29.6. The maximum atomic E-state index is 12.5. The van der Waals surface area contributed by atoms with Gasteiger partial charge >= 0.3 is 5.97 Å². The quantitative estimate of drug-likeness (QED) is 0.287. The molecule has 1 heterocycles. The van der Waals surface area contributed by atoms with Gasteiger partial charge in [0.15, 0.2) is 0 Å². The van der Waals surface area contributed by atoms with E-state index in [9.17, 15) is 9.59 Å². The third-order valence-electron chi connectivity index (χ3n) is 5.93. The molecule has 2 unspecified atom stereocenters. The van der Waals surface area contributed by atoms with Gasteiger partial charge in [0.2, 0.25) is 5.91 Å². The molecule has 188 valence electrons. The van der Waals surface area contributed by atoms with Crippen LogP contribution in [0, 0.1) is 6.92 Å². The molecule has 2 atom stereocenters. The van der Waals surface area contributed by atoms with Crippen molar-refractivity contribution in [2.45, 2.75) is 45.2 Å². The van der Waals surface area contributed by atoms with Gasteiger partial charge in [-0.05, 0) is 60.2 Å². The van der Waals surface area contributed by atoms with E-state index in [2.05, 4.69) is 22.5 Å². The SMILES string of the molecule is CCc1cccc(C)c1C(=S)NC(Cc1ccc(NC(=O)C(N)Cc2cccnc2)cc1)C(=O)OC. The second-order valence-electron chi connectivity index (χ2n) is 8.57. The summed E-state index contributed by atoms with van der Waals surface area (Å²) in [5.41, 5.74) is 11.6. The lowest BCUT2D eigenvalue weighted by Crippen LogP contribution is -2.43. The molecular weight excluding hydrogens is 472 g/mol. The monoisotopic (exact) mass is 504 g/mol. The smallest absolute Gasteiger partial charge is 0.328 e. The van der Waals surface area contributed by atoms with Gasteiger partial charge in [-0.15, -0.1) is 0 Å². The summed E-state index contributed by atoms with van der Waals surface area (Å²) in [6.45, 7) is 4.08. The third kappa shape index (κ3) is 7.19. The first kappa shape index (κ1) is 27.0. The Balaban J connectivity index is 1.65. The maximum absolute atomic E-state index is 12.5. The number of aromatic nitrogens is 1. The van der Waals surface area contributed by atoms with E-state index in [0.29, 0.717) is 23.5 Å². The van der Waals surface area contributed by atoms with Gasteiger partial charge in [-0.2, -0.15) is 0 Å². The van der Waals surface area contributed by atoms with Gasteiger partial charge < -0.3 is 21.1 Å². The molecule has 0 saturated heterocycles. The Morgan fingerprint density at radius 1 is 1.06 bits per heavy atom. The van der Waals surface area contributed by atoms with Crippen LogP contribution in [-0.4, -0.2) is 41.0 Å². The first-order valence-electron chi connectivity index (χ1n) is 11.8. The van der Waals surface area contributed by atoms with Crippen molar-refractivity contribution in [1.82, 2.24) is 10.3 Å². The number of amides is 1. The molecule has 3 aromatic rings. The second kappa shape index (κ2) is 12.9. The van der Waals surface area contributed by atoms with Crippen LogP contribution < -0.4 is 16.4 Å². The number of esters is 1. The number of benzene rings is 2. The van der Waals surface area contributed by atoms with Gasteiger partial charge in [0, 0.05) is 30.1 Å². The Labute approximate surface area is 217 Å². The van der Waals surface area contributed by atoms with Crippen LogP contribution in [0.1, 0.15) is 34.7 Å². The number of thiocarbonyl (C=S) groups is 1. The summed E-state index contributed by atoms with van der Waals surface area (Å²) in [7, 11) is 1.36. The van der Waals surface area contributed by atoms with Crippen molar-refractivity contribution in [2.24, 2.45) is 5.73 Å². The Morgan fingerprint density at radius 2 is 1.81 bits per heavy atom. The van der Waals surface area contributed by atoms with Crippen molar-refractivity contribution in [3.63, 3.8) is 0 Å². The number of pyridine rings is 1. The lowest BCUT2D eigenvalue weighted by molar-refractivity contribution is -0.142. The van der Waals surface area contributed by atoms with Crippen LogP contribution in [0.5, 0.6) is 0 Å². The number of carbonyl (C=O) groups excluding carboxylic acids is 2. The second-order valence-corrected chi connectivity index (χ2v) is 8.98. The number of carbonyl (C=O) groups is 2. The van der Waals surface area contributed by atoms with Gasteiger partial charge in [0.25, 0.3) is 0 Å². The highest BCUT2D eigenvalue weighted by atomic mass is 32.1. The first-order chi connectivity index (χ1) is 17.3. The molecule has 0 aliphatic heterocycles. The number of hydrogen-bond acceptors (Lipinski definition) is 6. The van der Waals surface area contributed by atoms with E-state index >= 15 is 0 Å². The molecule has 4 N–H and O–H groups in total. The van der Waals surface area contributed by atoms with Crippen LogP contribution in [0.15, 0.2) is 67.0 Å². The van der Waals surface area contributed by atoms with Crippen LogP contribution in [0.3, 0.4) is 0 Å². The predicted molar refractivity (Wildman–Crippen MR) is 146 cm³/mol. The average Bonchev–Trinajstić information content (AvgIpc) is 2.89. The lowest BCUT2D eigenvalue weighted by Gasteiger charge is -2.21. The fourth-order valence-electron chi connectivity index (χ4n) is 3.97. The fourth-order valence-corrected chi connectivity index (χ4v) is 4.41. The minimum Gasteiger partial charge on any atom is -0.467 e. The number of nitrogens with two attached hydrogens (primary N) is 1. The zero-order chi connectivity index (χ0) is 26.1. The average molecular weight is 505 g/mol. The summed E-state index contributed by atoms with van der Waals surface area (Å²) in [5.74, 6) is -0.682. The summed E-state index contributed by atoms with van der Waals surface area (Å²) >= 11 is 5.68. The highest BCUT2D eigenvalue weighted by molar-refractivity contribution is 7.80. The Bertz CT molecular complexity index is 1200. The molecule has 2 aromatic carbocycles. The number of methoxy groups -OCH3 is 1. The minimum absolute atomic E-state index is 0.281. The standard InChI is InChI=1S/C28H32N4O3S/c1-4-21-9-5-7-18(2)25(21)27(36)32-24(28(34)35-3)16-19-10-12-22(13-11-19)31-26(33)23(29)15-20-8-6-14-30-17-20/h5-14,17,23-24H,4,15-16,29H2,1-3H3,(H,31,33)(H,32,36). The van der Waals surface area contributed by atoms with E-state index in [1.54, 1.807) is 24.5 Å². The number of nitrogens with zero attached hydrogens (tertiary/aromatic N) is 1. The van der Waals surface area contributed by atoms with Gasteiger partial charge in [-0.25, -0.2) is 4.79 Å². The number of anilines is 1. The largest absolute Gasteiger partial charge is 0.467 e. The van der Waals surface area contributed by atoms with Crippen molar-refractivity contribution < 1.29 is 14.3 Å². The van der Waals surface area contributed by atoms with Crippen molar-refractivity contribution in [3.8, 4) is 0 Å². The highest BCUT2D eigenvalue weighted by Crippen LogP contribution is 2.17. The fraction of sp³-hybridized carbons (Fsp3) is 0.286. The summed E-state index contributed by atoms with van der Waals surface area (Å²) in [6.07, 6.45) is 4.97. The molecule has 1 aromatic heterocycles. The molecule has 1 amide bonds. The number of ether oxygens (including phenoxy) is 1. The molecule has 36 heavy (non-hydrogen) atoms. The summed E-state index contributed by atoms with van der Waals surface area (Å²) in [5, 5.41) is 6.04. The number of rotatable bonds is 10. The predicted octanol–water partition coefficient (Wildman–Crippen LogP) is 3.51. The van der Waals surface area contributed by atoms with Crippen molar-refractivity contribution in [3.05, 3.63) is 94.8 Å². The van der Waals surface area contributed by atoms with Crippen molar-refractivity contribution in [2.75, 3.05) is 12.4 Å². The molecule has 0 bridgehead atoms. The minimum atomic E-state index is -0.697. The van der Waals surface area contributed by atoms with E-state index in [4.69, 9.17) is 22.7 Å². The number of hydrogen-bond donors (Lipinski definition) is 3. The summed E-state index contributed by atoms with van der Waals surface area (Å²) < 4.78 is 5.02. The maximum Gasteiger partial charge on any atom is 0.328 e. The molecular formula is C28H32N4O3S. The number of nitrogens with one attached hydrogen (secondary N) is 2. The van der Waals surface area contributed by atoms with Crippen molar-refractivity contribution >= 4 is 34.8 Å². The molecule has 7 nitrogen and oxygen atoms in total. The Hall–Kier alpha value is -3.62. The third-order valence-corrected chi connectivity index (χ3v) is 6.26. The zero-order valence-electron chi connectivity index (χ0n) is 20.8. The molecule has 8 heteroatoms. The molecule has 0 fully saturated rings. The van der Waals surface area contributed by atoms with E-state index < -0.39 is 18.1 Å². The molecule has 0 aliphatic carbocycles. The number of aryl methyl sites for hydroxylation is 2. The lowest BCUT2D eigenvalue weighted by atomic mass is 9.99. The molecule has 0 spiro atoms. The van der Waals surface area contributed by atoms with E-state index in [-0.39, 0.29) is 5.91 Å². The van der Waals surface area contributed by atoms with E-state index in [0.717, 1.165) is 34.2 Å². The molecule has 3 rings (SSSR count). The van der Waals surface area contributed by atoms with Gasteiger partial charge in [-0.3, -0.25) is 9.78 Å². The van der Waals surface area contributed by atoms with Crippen LogP contribution in [0.2, 0.25) is 0 Å².